The van der Waals surface area contributed by atoms with E-state index in [2.05, 4.69) is 13.8 Å². The van der Waals surface area contributed by atoms with Gasteiger partial charge < -0.3 is 14.2 Å². The number of allylic oxidation sites excluding steroid dienone is 1. The lowest BCUT2D eigenvalue weighted by molar-refractivity contribution is 0.324. The fourth-order valence-electron chi connectivity index (χ4n) is 1.80. The molecule has 0 heterocycles. The van der Waals surface area contributed by atoms with Gasteiger partial charge in [0.25, 0.3) is 0 Å². The molecule has 3 nitrogen and oxygen atoms in total. The molecular formula is C15H21ClO3. The van der Waals surface area contributed by atoms with E-state index in [-0.39, 0.29) is 0 Å². The van der Waals surface area contributed by atoms with E-state index in [4.69, 9.17) is 25.8 Å². The molecule has 0 saturated carbocycles. The summed E-state index contributed by atoms with van der Waals surface area (Å²) >= 11 is 5.98. The Bertz CT molecular complexity index is 453. The second-order valence-electron chi connectivity index (χ2n) is 4.43. The van der Waals surface area contributed by atoms with E-state index in [0.29, 0.717) is 29.0 Å². The lowest BCUT2D eigenvalue weighted by Gasteiger charge is -2.15. The highest BCUT2D eigenvalue weighted by Gasteiger charge is 2.15. The molecule has 0 amide bonds. The van der Waals surface area contributed by atoms with Gasteiger partial charge in [0.05, 0.1) is 21.3 Å². The maximum atomic E-state index is 5.98. The molecule has 4 heteroatoms. The van der Waals surface area contributed by atoms with E-state index in [1.807, 2.05) is 18.2 Å². The van der Waals surface area contributed by atoms with Crippen molar-refractivity contribution in [1.82, 2.24) is 0 Å². The second kappa shape index (κ2) is 7.29. The van der Waals surface area contributed by atoms with Crippen molar-refractivity contribution in [2.45, 2.75) is 13.8 Å². The molecule has 0 spiro atoms. The number of alkyl halides is 1. The molecule has 0 unspecified atom stereocenters. The van der Waals surface area contributed by atoms with Crippen LogP contribution in [0.3, 0.4) is 0 Å². The number of benzene rings is 1. The van der Waals surface area contributed by atoms with E-state index in [0.717, 1.165) is 11.1 Å². The van der Waals surface area contributed by atoms with Crippen LogP contribution in [0.4, 0.5) is 0 Å². The molecule has 1 aromatic carbocycles. The molecule has 0 bridgehead atoms. The molecule has 0 aliphatic carbocycles. The zero-order valence-corrected chi connectivity index (χ0v) is 12.9. The van der Waals surface area contributed by atoms with E-state index < -0.39 is 0 Å². The van der Waals surface area contributed by atoms with Crippen LogP contribution >= 0.6 is 11.6 Å². The Morgan fingerprint density at radius 2 is 1.74 bits per heavy atom. The van der Waals surface area contributed by atoms with Crippen molar-refractivity contribution >= 4 is 17.7 Å². The van der Waals surface area contributed by atoms with Crippen LogP contribution in [-0.4, -0.2) is 27.2 Å². The van der Waals surface area contributed by atoms with Crippen molar-refractivity contribution in [3.05, 3.63) is 23.3 Å². The van der Waals surface area contributed by atoms with Gasteiger partial charge in [-0.15, -0.1) is 11.6 Å². The minimum Gasteiger partial charge on any atom is -0.493 e. The molecule has 0 N–H and O–H groups in total. The molecule has 0 aliphatic heterocycles. The van der Waals surface area contributed by atoms with Crippen LogP contribution < -0.4 is 14.2 Å². The van der Waals surface area contributed by atoms with Crippen molar-refractivity contribution in [3.8, 4) is 17.2 Å². The number of ether oxygens (including phenoxy) is 3. The first kappa shape index (κ1) is 15.7. The summed E-state index contributed by atoms with van der Waals surface area (Å²) < 4.78 is 16.1. The van der Waals surface area contributed by atoms with Gasteiger partial charge in [0.1, 0.15) is 0 Å². The van der Waals surface area contributed by atoms with Gasteiger partial charge in [-0.1, -0.05) is 25.5 Å². The van der Waals surface area contributed by atoms with Gasteiger partial charge in [0.2, 0.25) is 5.75 Å². The lowest BCUT2D eigenvalue weighted by atomic mass is 10.0. The zero-order chi connectivity index (χ0) is 14.4. The first-order chi connectivity index (χ1) is 9.08. The van der Waals surface area contributed by atoms with E-state index in [1.54, 1.807) is 21.3 Å². The third-order valence-electron chi connectivity index (χ3n) is 2.97. The topological polar surface area (TPSA) is 27.7 Å². The average Bonchev–Trinajstić information content (AvgIpc) is 2.42. The summed E-state index contributed by atoms with van der Waals surface area (Å²) in [5.74, 6) is 2.78. The summed E-state index contributed by atoms with van der Waals surface area (Å²) in [6, 6.07) is 3.80. The van der Waals surface area contributed by atoms with Crippen molar-refractivity contribution in [1.29, 1.82) is 0 Å². The highest BCUT2D eigenvalue weighted by atomic mass is 35.5. The molecule has 0 fully saturated rings. The highest BCUT2D eigenvalue weighted by molar-refractivity contribution is 6.19. The van der Waals surface area contributed by atoms with Crippen LogP contribution in [0.25, 0.3) is 6.08 Å². The monoisotopic (exact) mass is 284 g/mol. The molecule has 1 aromatic rings. The first-order valence-corrected chi connectivity index (χ1v) is 6.67. The summed E-state index contributed by atoms with van der Waals surface area (Å²) in [6.45, 7) is 4.23. The molecule has 1 rings (SSSR count). The Labute approximate surface area is 120 Å². The lowest BCUT2D eigenvalue weighted by Crippen LogP contribution is -1.99. The van der Waals surface area contributed by atoms with Crippen LogP contribution in [0, 0.1) is 5.92 Å². The van der Waals surface area contributed by atoms with Crippen LogP contribution in [0.2, 0.25) is 0 Å². The summed E-state index contributed by atoms with van der Waals surface area (Å²) in [7, 11) is 4.81. The Balaban J connectivity index is 3.36. The fourth-order valence-corrected chi connectivity index (χ4v) is 2.18. The molecule has 0 atom stereocenters. The predicted octanol–water partition coefficient (Wildman–Crippen LogP) is 3.99. The maximum Gasteiger partial charge on any atom is 0.203 e. The van der Waals surface area contributed by atoms with Gasteiger partial charge >= 0.3 is 0 Å². The van der Waals surface area contributed by atoms with Crippen LogP contribution in [-0.2, 0) is 0 Å². The predicted molar refractivity (Wildman–Crippen MR) is 79.6 cm³/mol. The van der Waals surface area contributed by atoms with Gasteiger partial charge in [-0.25, -0.2) is 0 Å². The minimum absolute atomic E-state index is 0.385. The fraction of sp³-hybridized carbons (Fsp3) is 0.467. The molecular weight excluding hydrogens is 264 g/mol. The number of rotatable bonds is 6. The Morgan fingerprint density at radius 3 is 2.16 bits per heavy atom. The van der Waals surface area contributed by atoms with Gasteiger partial charge in [0, 0.05) is 11.4 Å². The number of hydrogen-bond acceptors (Lipinski definition) is 3. The van der Waals surface area contributed by atoms with Crippen LogP contribution in [0.1, 0.15) is 19.4 Å². The highest BCUT2D eigenvalue weighted by Crippen LogP contribution is 2.40. The van der Waals surface area contributed by atoms with Crippen molar-refractivity contribution in [2.75, 3.05) is 27.2 Å². The summed E-state index contributed by atoms with van der Waals surface area (Å²) in [5, 5.41) is 0. The number of hydrogen-bond donors (Lipinski definition) is 0. The molecule has 0 aliphatic rings. The molecule has 106 valence electrons. The van der Waals surface area contributed by atoms with Crippen molar-refractivity contribution < 1.29 is 14.2 Å². The van der Waals surface area contributed by atoms with E-state index in [1.165, 1.54) is 0 Å². The van der Waals surface area contributed by atoms with Gasteiger partial charge in [-0.3, -0.25) is 0 Å². The summed E-state index contributed by atoms with van der Waals surface area (Å²) in [5.41, 5.74) is 2.08. The van der Waals surface area contributed by atoms with Crippen molar-refractivity contribution in [3.63, 3.8) is 0 Å². The smallest absolute Gasteiger partial charge is 0.203 e. The van der Waals surface area contributed by atoms with Gasteiger partial charge in [0.15, 0.2) is 11.5 Å². The number of methoxy groups -OCH3 is 3. The second-order valence-corrected chi connectivity index (χ2v) is 4.70. The van der Waals surface area contributed by atoms with Gasteiger partial charge in [-0.05, 0) is 18.1 Å². The van der Waals surface area contributed by atoms with Gasteiger partial charge in [-0.2, -0.15) is 0 Å². The molecule has 0 saturated heterocycles. The Hall–Kier alpha value is -1.35. The van der Waals surface area contributed by atoms with Crippen LogP contribution in [0.15, 0.2) is 17.7 Å². The summed E-state index contributed by atoms with van der Waals surface area (Å²) in [6.07, 6.45) is 2.04. The Kier molecular flexibility index (Phi) is 6.03. The quantitative estimate of drug-likeness (QED) is 0.739. The average molecular weight is 285 g/mol. The molecule has 0 radical (unpaired) electrons. The molecule has 19 heavy (non-hydrogen) atoms. The molecule has 0 aromatic heterocycles. The Morgan fingerprint density at radius 1 is 1.11 bits per heavy atom. The maximum absolute atomic E-state index is 5.98. The SMILES string of the molecule is COc1ccc(C=C(CCl)C(C)C)c(OC)c1OC. The van der Waals surface area contributed by atoms with Crippen molar-refractivity contribution in [2.24, 2.45) is 5.92 Å². The normalized spacial score (nSPS) is 11.6. The third kappa shape index (κ3) is 3.57. The van der Waals surface area contributed by atoms with E-state index in [9.17, 15) is 0 Å². The third-order valence-corrected chi connectivity index (χ3v) is 3.28. The standard InChI is InChI=1S/C15H21ClO3/c1-10(2)12(9-16)8-11-6-7-13(17-3)15(19-5)14(11)18-4/h6-8,10H,9H2,1-5H3. The minimum atomic E-state index is 0.385. The number of halogens is 1. The summed E-state index contributed by atoms with van der Waals surface area (Å²) in [4.78, 5) is 0. The largest absolute Gasteiger partial charge is 0.493 e. The van der Waals surface area contributed by atoms with E-state index >= 15 is 0 Å². The first-order valence-electron chi connectivity index (χ1n) is 6.14. The van der Waals surface area contributed by atoms with Crippen LogP contribution in [0.5, 0.6) is 17.2 Å². The zero-order valence-electron chi connectivity index (χ0n) is 12.1.